The molecule has 0 aromatic heterocycles. The molecule has 0 bridgehead atoms. The highest BCUT2D eigenvalue weighted by Gasteiger charge is 2.10. The van der Waals surface area contributed by atoms with Crippen LogP contribution in [0.15, 0.2) is 46.9 Å². The molecule has 0 atom stereocenters. The van der Waals surface area contributed by atoms with E-state index in [4.69, 9.17) is 9.47 Å². The third-order valence-electron chi connectivity index (χ3n) is 3.08. The molecule has 2 aromatic carbocycles. The molecule has 2 rings (SSSR count). The monoisotopic (exact) mass is 348 g/mol. The lowest BCUT2D eigenvalue weighted by molar-refractivity contribution is 0.0993. The lowest BCUT2D eigenvalue weighted by atomic mass is 10.0. The molecule has 0 N–H and O–H groups in total. The molecule has 0 aliphatic heterocycles. The fourth-order valence-corrected chi connectivity index (χ4v) is 2.47. The first-order chi connectivity index (χ1) is 10.1. The summed E-state index contributed by atoms with van der Waals surface area (Å²) in [5, 5.41) is 0. The van der Waals surface area contributed by atoms with Crippen LogP contribution < -0.4 is 9.47 Å². The number of carbonyl (C=O) groups excluding carboxylic acids is 1. The van der Waals surface area contributed by atoms with Gasteiger partial charge in [-0.15, -0.1) is 0 Å². The number of ketones is 1. The largest absolute Gasteiger partial charge is 0.497 e. The molecule has 0 heterocycles. The summed E-state index contributed by atoms with van der Waals surface area (Å²) < 4.78 is 11.3. The summed E-state index contributed by atoms with van der Waals surface area (Å²) in [6, 6.07) is 12.9. The average Bonchev–Trinajstić information content (AvgIpc) is 2.50. The molecule has 0 amide bonds. The van der Waals surface area contributed by atoms with Crippen LogP contribution in [0.3, 0.4) is 0 Å². The Bertz CT molecular complexity index is 620. The minimum absolute atomic E-state index is 0.0731. The van der Waals surface area contributed by atoms with Gasteiger partial charge in [-0.2, -0.15) is 0 Å². The second kappa shape index (κ2) is 7.27. The lowest BCUT2D eigenvalue weighted by Crippen LogP contribution is -2.04. The fourth-order valence-electron chi connectivity index (χ4n) is 1.98. The maximum Gasteiger partial charge on any atom is 0.167 e. The number of carbonyl (C=O) groups is 1. The number of ether oxygens (including phenoxy) is 2. The summed E-state index contributed by atoms with van der Waals surface area (Å²) in [7, 11) is 1.62. The van der Waals surface area contributed by atoms with Crippen LogP contribution in [0.4, 0.5) is 0 Å². The summed E-state index contributed by atoms with van der Waals surface area (Å²) >= 11 is 3.43. The van der Waals surface area contributed by atoms with Crippen molar-refractivity contribution >= 4 is 21.7 Å². The minimum atomic E-state index is 0.0731. The molecule has 0 fully saturated rings. The van der Waals surface area contributed by atoms with Crippen LogP contribution in [0.5, 0.6) is 11.5 Å². The van der Waals surface area contributed by atoms with Gasteiger partial charge in [0.15, 0.2) is 5.78 Å². The molecular formula is C17H17BrO3. The summed E-state index contributed by atoms with van der Waals surface area (Å²) in [6.07, 6.45) is 0.365. The van der Waals surface area contributed by atoms with Gasteiger partial charge >= 0.3 is 0 Å². The highest BCUT2D eigenvalue weighted by molar-refractivity contribution is 9.10. The number of rotatable bonds is 6. The Morgan fingerprint density at radius 2 is 1.86 bits per heavy atom. The number of hydrogen-bond donors (Lipinski definition) is 0. The Balaban J connectivity index is 2.10. The van der Waals surface area contributed by atoms with Crippen molar-refractivity contribution in [3.8, 4) is 11.5 Å². The summed E-state index contributed by atoms with van der Waals surface area (Å²) in [6.45, 7) is 2.52. The van der Waals surface area contributed by atoms with E-state index < -0.39 is 0 Å². The Labute approximate surface area is 133 Å². The molecule has 3 nitrogen and oxygen atoms in total. The molecule has 0 saturated carbocycles. The van der Waals surface area contributed by atoms with E-state index in [1.165, 1.54) is 0 Å². The topological polar surface area (TPSA) is 35.5 Å². The van der Waals surface area contributed by atoms with Crippen LogP contribution in [0, 0.1) is 0 Å². The zero-order valence-corrected chi connectivity index (χ0v) is 13.6. The number of halogens is 1. The Morgan fingerprint density at radius 1 is 1.14 bits per heavy atom. The van der Waals surface area contributed by atoms with Crippen LogP contribution in [0.1, 0.15) is 22.8 Å². The Hall–Kier alpha value is -1.81. The highest BCUT2D eigenvalue weighted by Crippen LogP contribution is 2.26. The molecule has 2 aromatic rings. The van der Waals surface area contributed by atoms with Crippen LogP contribution in [0.2, 0.25) is 0 Å². The number of benzene rings is 2. The van der Waals surface area contributed by atoms with Crippen LogP contribution in [-0.4, -0.2) is 19.5 Å². The van der Waals surface area contributed by atoms with Crippen LogP contribution in [0.25, 0.3) is 0 Å². The van der Waals surface area contributed by atoms with Gasteiger partial charge in [-0.3, -0.25) is 4.79 Å². The van der Waals surface area contributed by atoms with Gasteiger partial charge in [-0.05, 0) is 58.7 Å². The molecule has 0 saturated heterocycles. The fraction of sp³-hybridized carbons (Fsp3) is 0.235. The van der Waals surface area contributed by atoms with Crippen molar-refractivity contribution in [3.63, 3.8) is 0 Å². The second-order valence-electron chi connectivity index (χ2n) is 4.53. The van der Waals surface area contributed by atoms with E-state index in [9.17, 15) is 4.79 Å². The van der Waals surface area contributed by atoms with Crippen molar-refractivity contribution in [3.05, 3.63) is 58.1 Å². The maximum atomic E-state index is 12.3. The van der Waals surface area contributed by atoms with Crippen molar-refractivity contribution in [1.82, 2.24) is 0 Å². The van der Waals surface area contributed by atoms with Crippen molar-refractivity contribution in [2.24, 2.45) is 0 Å². The van der Waals surface area contributed by atoms with Gasteiger partial charge in [-0.1, -0.05) is 12.1 Å². The van der Waals surface area contributed by atoms with Gasteiger partial charge in [0, 0.05) is 12.0 Å². The molecule has 0 spiro atoms. The molecule has 0 aliphatic carbocycles. The maximum absolute atomic E-state index is 12.3. The van der Waals surface area contributed by atoms with E-state index >= 15 is 0 Å². The molecule has 21 heavy (non-hydrogen) atoms. The predicted octanol–water partition coefficient (Wildman–Crippen LogP) is 4.28. The zero-order chi connectivity index (χ0) is 15.2. The van der Waals surface area contributed by atoms with E-state index in [-0.39, 0.29) is 5.78 Å². The summed E-state index contributed by atoms with van der Waals surface area (Å²) in [4.78, 5) is 12.3. The smallest absolute Gasteiger partial charge is 0.167 e. The predicted molar refractivity (Wildman–Crippen MR) is 86.3 cm³/mol. The van der Waals surface area contributed by atoms with Gasteiger partial charge in [0.1, 0.15) is 11.5 Å². The highest BCUT2D eigenvalue weighted by atomic mass is 79.9. The van der Waals surface area contributed by atoms with Crippen molar-refractivity contribution < 1.29 is 14.3 Å². The first-order valence-electron chi connectivity index (χ1n) is 6.72. The molecule has 0 unspecified atom stereocenters. The number of methoxy groups -OCH3 is 1. The standard InChI is InChI=1S/C17H17BrO3/c1-3-21-17-9-6-13(11-15(17)18)16(19)10-12-4-7-14(20-2)8-5-12/h4-9,11H,3,10H2,1-2H3. The van der Waals surface area contributed by atoms with E-state index in [2.05, 4.69) is 15.9 Å². The third-order valence-corrected chi connectivity index (χ3v) is 3.70. The summed E-state index contributed by atoms with van der Waals surface area (Å²) in [5.41, 5.74) is 1.63. The molecule has 0 radical (unpaired) electrons. The van der Waals surface area contributed by atoms with E-state index in [0.29, 0.717) is 18.6 Å². The van der Waals surface area contributed by atoms with Gasteiger partial charge in [0.2, 0.25) is 0 Å². The number of Topliss-reactive ketones (excluding diaryl/α,β-unsaturated/α-hetero) is 1. The first kappa shape index (κ1) is 15.6. The number of hydrogen-bond acceptors (Lipinski definition) is 3. The summed E-state index contributed by atoms with van der Waals surface area (Å²) in [5.74, 6) is 1.61. The van der Waals surface area contributed by atoms with E-state index in [1.54, 1.807) is 19.2 Å². The Kier molecular flexibility index (Phi) is 5.39. The van der Waals surface area contributed by atoms with Crippen LogP contribution >= 0.6 is 15.9 Å². The second-order valence-corrected chi connectivity index (χ2v) is 5.38. The van der Waals surface area contributed by atoms with E-state index in [0.717, 1.165) is 21.5 Å². The van der Waals surface area contributed by atoms with Gasteiger partial charge in [-0.25, -0.2) is 0 Å². The zero-order valence-electron chi connectivity index (χ0n) is 12.1. The van der Waals surface area contributed by atoms with Gasteiger partial charge in [0.25, 0.3) is 0 Å². The van der Waals surface area contributed by atoms with Gasteiger partial charge in [0.05, 0.1) is 18.2 Å². The minimum Gasteiger partial charge on any atom is -0.497 e. The Morgan fingerprint density at radius 3 is 2.43 bits per heavy atom. The SMILES string of the molecule is CCOc1ccc(C(=O)Cc2ccc(OC)cc2)cc1Br. The van der Waals surface area contributed by atoms with Crippen LogP contribution in [-0.2, 0) is 6.42 Å². The van der Waals surface area contributed by atoms with Crippen molar-refractivity contribution in [1.29, 1.82) is 0 Å². The molecule has 4 heteroatoms. The third kappa shape index (κ3) is 4.08. The molecule has 110 valence electrons. The molecular weight excluding hydrogens is 332 g/mol. The molecule has 0 aliphatic rings. The quantitative estimate of drug-likeness (QED) is 0.730. The average molecular weight is 349 g/mol. The normalized spacial score (nSPS) is 10.2. The first-order valence-corrected chi connectivity index (χ1v) is 7.51. The van der Waals surface area contributed by atoms with Gasteiger partial charge < -0.3 is 9.47 Å². The van der Waals surface area contributed by atoms with Crippen molar-refractivity contribution in [2.45, 2.75) is 13.3 Å². The van der Waals surface area contributed by atoms with Crippen molar-refractivity contribution in [2.75, 3.05) is 13.7 Å². The lowest BCUT2D eigenvalue weighted by Gasteiger charge is -2.08. The van der Waals surface area contributed by atoms with E-state index in [1.807, 2.05) is 37.3 Å².